The minimum Gasteiger partial charge on any atom is -0.396 e. The van der Waals surface area contributed by atoms with Crippen molar-refractivity contribution in [2.45, 2.75) is 26.3 Å². The number of rotatable bonds is 3. The average molecular weight is 270 g/mol. The van der Waals surface area contributed by atoms with Gasteiger partial charge in [-0.15, -0.1) is 0 Å². The van der Waals surface area contributed by atoms with Crippen LogP contribution in [0.5, 0.6) is 0 Å². The Bertz CT molecular complexity index is 589. The molecule has 1 fully saturated rings. The summed E-state index contributed by atoms with van der Waals surface area (Å²) in [4.78, 5) is 7.10. The molecule has 3 heteroatoms. The largest absolute Gasteiger partial charge is 0.396 e. The van der Waals surface area contributed by atoms with E-state index in [0.717, 1.165) is 43.7 Å². The molecule has 2 heterocycles. The molecule has 0 atom stereocenters. The first-order valence-electron chi connectivity index (χ1n) is 7.45. The van der Waals surface area contributed by atoms with E-state index >= 15 is 0 Å². The van der Waals surface area contributed by atoms with Crippen LogP contribution in [0.25, 0.3) is 10.9 Å². The summed E-state index contributed by atoms with van der Waals surface area (Å²) in [7, 11) is 0. The van der Waals surface area contributed by atoms with Gasteiger partial charge in [0, 0.05) is 24.2 Å². The third-order valence-electron chi connectivity index (χ3n) is 4.29. The number of likely N-dealkylation sites (tertiary alicyclic amines) is 1. The maximum absolute atomic E-state index is 9.22. The summed E-state index contributed by atoms with van der Waals surface area (Å²) >= 11 is 0. The summed E-state index contributed by atoms with van der Waals surface area (Å²) in [6.07, 6.45) is 2.22. The van der Waals surface area contributed by atoms with Crippen molar-refractivity contribution in [3.05, 3.63) is 41.6 Å². The number of hydrogen-bond acceptors (Lipinski definition) is 3. The fourth-order valence-electron chi connectivity index (χ4n) is 3.09. The SMILES string of the molecule is Cc1cc(CN2CCC(CO)CC2)c2ccccc2n1. The zero-order valence-corrected chi connectivity index (χ0v) is 12.0. The van der Waals surface area contributed by atoms with Crippen molar-refractivity contribution in [1.29, 1.82) is 0 Å². The second kappa shape index (κ2) is 5.90. The number of aryl methyl sites for hydroxylation is 1. The van der Waals surface area contributed by atoms with E-state index in [-0.39, 0.29) is 0 Å². The third kappa shape index (κ3) is 2.84. The standard InChI is InChI=1S/C17H22N2O/c1-13-10-15(16-4-2-3-5-17(16)18-13)11-19-8-6-14(12-20)7-9-19/h2-5,10,14,20H,6-9,11-12H2,1H3. The fraction of sp³-hybridized carbons (Fsp3) is 0.471. The van der Waals surface area contributed by atoms with Crippen molar-refractivity contribution < 1.29 is 5.11 Å². The molecular weight excluding hydrogens is 248 g/mol. The van der Waals surface area contributed by atoms with Crippen molar-refractivity contribution in [2.24, 2.45) is 5.92 Å². The molecule has 0 spiro atoms. The molecular formula is C17H22N2O. The summed E-state index contributed by atoms with van der Waals surface area (Å²) in [6, 6.07) is 10.6. The summed E-state index contributed by atoms with van der Waals surface area (Å²) < 4.78 is 0. The van der Waals surface area contributed by atoms with Gasteiger partial charge in [0.05, 0.1) is 5.52 Å². The van der Waals surface area contributed by atoms with Gasteiger partial charge in [-0.3, -0.25) is 9.88 Å². The van der Waals surface area contributed by atoms with Crippen LogP contribution >= 0.6 is 0 Å². The van der Waals surface area contributed by atoms with Crippen LogP contribution in [0.3, 0.4) is 0 Å². The number of aromatic nitrogens is 1. The van der Waals surface area contributed by atoms with Gasteiger partial charge in [-0.05, 0) is 56.5 Å². The lowest BCUT2D eigenvalue weighted by Crippen LogP contribution is -2.34. The molecule has 0 unspecified atom stereocenters. The number of hydrogen-bond donors (Lipinski definition) is 1. The highest BCUT2D eigenvalue weighted by molar-refractivity contribution is 5.82. The Hall–Kier alpha value is -1.45. The van der Waals surface area contributed by atoms with E-state index in [1.54, 1.807) is 0 Å². The number of benzene rings is 1. The smallest absolute Gasteiger partial charge is 0.0708 e. The zero-order valence-electron chi connectivity index (χ0n) is 12.0. The van der Waals surface area contributed by atoms with Gasteiger partial charge in [-0.1, -0.05) is 18.2 Å². The Labute approximate surface area is 120 Å². The maximum atomic E-state index is 9.22. The number of nitrogens with zero attached hydrogens (tertiary/aromatic N) is 2. The monoisotopic (exact) mass is 270 g/mol. The molecule has 3 nitrogen and oxygen atoms in total. The molecule has 1 aliphatic heterocycles. The molecule has 0 bridgehead atoms. The second-order valence-electron chi connectivity index (χ2n) is 5.84. The van der Waals surface area contributed by atoms with Gasteiger partial charge >= 0.3 is 0 Å². The highest BCUT2D eigenvalue weighted by Crippen LogP contribution is 2.23. The predicted molar refractivity (Wildman–Crippen MR) is 81.6 cm³/mol. The van der Waals surface area contributed by atoms with Gasteiger partial charge in [0.1, 0.15) is 0 Å². The van der Waals surface area contributed by atoms with E-state index in [2.05, 4.69) is 41.1 Å². The average Bonchev–Trinajstić information content (AvgIpc) is 2.48. The van der Waals surface area contributed by atoms with Crippen LogP contribution in [-0.2, 0) is 6.54 Å². The first-order chi connectivity index (χ1) is 9.76. The lowest BCUT2D eigenvalue weighted by Gasteiger charge is -2.31. The lowest BCUT2D eigenvalue weighted by molar-refractivity contribution is 0.127. The number of aliphatic hydroxyl groups excluding tert-OH is 1. The molecule has 1 N–H and O–H groups in total. The van der Waals surface area contributed by atoms with Gasteiger partial charge in [-0.2, -0.15) is 0 Å². The molecule has 20 heavy (non-hydrogen) atoms. The molecule has 1 aromatic heterocycles. The fourth-order valence-corrected chi connectivity index (χ4v) is 3.09. The number of para-hydroxylation sites is 1. The summed E-state index contributed by atoms with van der Waals surface area (Å²) in [6.45, 7) is 5.56. The van der Waals surface area contributed by atoms with Crippen LogP contribution in [-0.4, -0.2) is 34.7 Å². The minimum atomic E-state index is 0.338. The van der Waals surface area contributed by atoms with Crippen LogP contribution in [0.2, 0.25) is 0 Å². The van der Waals surface area contributed by atoms with Crippen molar-refractivity contribution in [1.82, 2.24) is 9.88 Å². The van der Waals surface area contributed by atoms with E-state index in [0.29, 0.717) is 12.5 Å². The predicted octanol–water partition coefficient (Wildman–Crippen LogP) is 2.75. The first kappa shape index (κ1) is 13.5. The van der Waals surface area contributed by atoms with Gasteiger partial charge in [0.25, 0.3) is 0 Å². The number of aliphatic hydroxyl groups is 1. The Morgan fingerprint density at radius 3 is 2.75 bits per heavy atom. The number of pyridine rings is 1. The molecule has 2 aromatic rings. The molecule has 0 radical (unpaired) electrons. The first-order valence-corrected chi connectivity index (χ1v) is 7.45. The molecule has 106 valence electrons. The Balaban J connectivity index is 1.81. The van der Waals surface area contributed by atoms with Crippen LogP contribution in [0.1, 0.15) is 24.1 Å². The van der Waals surface area contributed by atoms with E-state index < -0.39 is 0 Å². The van der Waals surface area contributed by atoms with E-state index in [1.807, 2.05) is 6.07 Å². The number of fused-ring (bicyclic) bond motifs is 1. The third-order valence-corrected chi connectivity index (χ3v) is 4.29. The van der Waals surface area contributed by atoms with Crippen molar-refractivity contribution in [3.63, 3.8) is 0 Å². The Morgan fingerprint density at radius 1 is 1.25 bits per heavy atom. The minimum absolute atomic E-state index is 0.338. The van der Waals surface area contributed by atoms with Crippen LogP contribution < -0.4 is 0 Å². The number of piperidine rings is 1. The highest BCUT2D eigenvalue weighted by atomic mass is 16.3. The molecule has 3 rings (SSSR count). The second-order valence-corrected chi connectivity index (χ2v) is 5.84. The quantitative estimate of drug-likeness (QED) is 0.931. The van der Waals surface area contributed by atoms with Crippen LogP contribution in [0.15, 0.2) is 30.3 Å². The maximum Gasteiger partial charge on any atom is 0.0708 e. The molecule has 1 aromatic carbocycles. The van der Waals surface area contributed by atoms with E-state index in [1.165, 1.54) is 10.9 Å². The van der Waals surface area contributed by atoms with E-state index in [4.69, 9.17) is 0 Å². The van der Waals surface area contributed by atoms with Gasteiger partial charge < -0.3 is 5.11 Å². The zero-order chi connectivity index (χ0) is 13.9. The van der Waals surface area contributed by atoms with Gasteiger partial charge in [0.15, 0.2) is 0 Å². The van der Waals surface area contributed by atoms with Gasteiger partial charge in [0.2, 0.25) is 0 Å². The van der Waals surface area contributed by atoms with Crippen LogP contribution in [0, 0.1) is 12.8 Å². The topological polar surface area (TPSA) is 36.4 Å². The molecule has 1 aliphatic rings. The van der Waals surface area contributed by atoms with Crippen molar-refractivity contribution in [3.8, 4) is 0 Å². The van der Waals surface area contributed by atoms with Crippen molar-refractivity contribution in [2.75, 3.05) is 19.7 Å². The summed E-state index contributed by atoms with van der Waals surface area (Å²) in [5.74, 6) is 0.502. The van der Waals surface area contributed by atoms with Gasteiger partial charge in [-0.25, -0.2) is 0 Å². The molecule has 0 saturated carbocycles. The van der Waals surface area contributed by atoms with Crippen LogP contribution in [0.4, 0.5) is 0 Å². The molecule has 0 amide bonds. The highest BCUT2D eigenvalue weighted by Gasteiger charge is 2.19. The summed E-state index contributed by atoms with van der Waals surface area (Å²) in [5.41, 5.74) is 3.55. The summed E-state index contributed by atoms with van der Waals surface area (Å²) in [5, 5.41) is 10.5. The normalized spacial score (nSPS) is 17.7. The van der Waals surface area contributed by atoms with Crippen molar-refractivity contribution >= 4 is 10.9 Å². The van der Waals surface area contributed by atoms with E-state index in [9.17, 15) is 5.11 Å². The Kier molecular flexibility index (Phi) is 3.99. The Morgan fingerprint density at radius 2 is 2.00 bits per heavy atom. The molecule has 1 saturated heterocycles. The lowest BCUT2D eigenvalue weighted by atomic mass is 9.97. The molecule has 0 aliphatic carbocycles.